The second kappa shape index (κ2) is 3.76. The van der Waals surface area contributed by atoms with Gasteiger partial charge in [-0.15, -0.1) is 0 Å². The third-order valence-corrected chi connectivity index (χ3v) is 3.43. The lowest BCUT2D eigenvalue weighted by Crippen LogP contribution is -2.06. The van der Waals surface area contributed by atoms with Gasteiger partial charge in [0.05, 0.1) is 12.2 Å². The van der Waals surface area contributed by atoms with Crippen molar-refractivity contribution in [3.8, 4) is 11.5 Å². The molecule has 0 N–H and O–H groups in total. The van der Waals surface area contributed by atoms with Crippen LogP contribution in [-0.4, -0.2) is 18.5 Å². The average Bonchev–Trinajstić information content (AvgIpc) is 2.82. The Kier molecular flexibility index (Phi) is 2.35. The minimum atomic E-state index is 0.166. The van der Waals surface area contributed by atoms with Crippen LogP contribution in [-0.2, 0) is 12.8 Å². The molecule has 0 radical (unpaired) electrons. The van der Waals surface area contributed by atoms with Gasteiger partial charge in [0.1, 0.15) is 17.6 Å². The summed E-state index contributed by atoms with van der Waals surface area (Å²) in [6.45, 7) is 4.64. The number of ketones is 1. The summed E-state index contributed by atoms with van der Waals surface area (Å²) in [6, 6.07) is 2.06. The van der Waals surface area contributed by atoms with Crippen molar-refractivity contribution in [2.45, 2.75) is 39.2 Å². The lowest BCUT2D eigenvalue weighted by atomic mass is 10.0. The molecule has 0 fully saturated rings. The van der Waals surface area contributed by atoms with E-state index in [-0.39, 0.29) is 11.9 Å². The van der Waals surface area contributed by atoms with Crippen molar-refractivity contribution in [1.82, 2.24) is 0 Å². The van der Waals surface area contributed by atoms with Gasteiger partial charge in [0.2, 0.25) is 0 Å². The van der Waals surface area contributed by atoms with Gasteiger partial charge in [-0.05, 0) is 26.3 Å². The van der Waals surface area contributed by atoms with Crippen LogP contribution in [0, 0.1) is 0 Å². The standard InChI is InChI=1S/C14H16O3/c1-3-16-12-7-9-6-8(2)17-14(9)13-10(12)4-5-11(13)15/h7-8H,3-6H2,1-2H3. The van der Waals surface area contributed by atoms with Crippen molar-refractivity contribution in [2.24, 2.45) is 0 Å². The predicted octanol–water partition coefficient (Wildman–Crippen LogP) is 2.54. The molecule has 1 atom stereocenters. The van der Waals surface area contributed by atoms with Gasteiger partial charge in [0.25, 0.3) is 0 Å². The smallest absolute Gasteiger partial charge is 0.167 e. The molecule has 1 aromatic carbocycles. The van der Waals surface area contributed by atoms with Crippen molar-refractivity contribution < 1.29 is 14.3 Å². The average molecular weight is 232 g/mol. The molecular formula is C14H16O3. The minimum Gasteiger partial charge on any atom is -0.494 e. The normalized spacial score (nSPS) is 21.1. The zero-order valence-electron chi connectivity index (χ0n) is 10.2. The fourth-order valence-electron chi connectivity index (χ4n) is 2.76. The fraction of sp³-hybridized carbons (Fsp3) is 0.500. The van der Waals surface area contributed by atoms with Gasteiger partial charge < -0.3 is 9.47 Å². The highest BCUT2D eigenvalue weighted by molar-refractivity contribution is 6.04. The number of rotatable bonds is 2. The number of ether oxygens (including phenoxy) is 2. The van der Waals surface area contributed by atoms with Crippen LogP contribution in [0.25, 0.3) is 0 Å². The van der Waals surface area contributed by atoms with Crippen LogP contribution in [0.4, 0.5) is 0 Å². The number of hydrogen-bond acceptors (Lipinski definition) is 3. The van der Waals surface area contributed by atoms with Crippen molar-refractivity contribution in [3.05, 3.63) is 22.8 Å². The third kappa shape index (κ3) is 1.53. The van der Waals surface area contributed by atoms with Crippen LogP contribution in [0.5, 0.6) is 11.5 Å². The molecule has 3 rings (SSSR count). The summed E-state index contributed by atoms with van der Waals surface area (Å²) in [6.07, 6.45) is 2.41. The van der Waals surface area contributed by atoms with Gasteiger partial charge in [-0.3, -0.25) is 4.79 Å². The van der Waals surface area contributed by atoms with Crippen LogP contribution in [0.2, 0.25) is 0 Å². The lowest BCUT2D eigenvalue weighted by Gasteiger charge is -2.12. The Hall–Kier alpha value is -1.51. The molecule has 17 heavy (non-hydrogen) atoms. The van der Waals surface area contributed by atoms with Gasteiger partial charge in [-0.25, -0.2) is 0 Å². The minimum absolute atomic E-state index is 0.166. The molecule has 1 unspecified atom stereocenters. The SMILES string of the molecule is CCOc1cc2c(c3c1CCC3=O)OC(C)C2. The van der Waals surface area contributed by atoms with Gasteiger partial charge in [0.15, 0.2) is 5.78 Å². The van der Waals surface area contributed by atoms with Gasteiger partial charge in [-0.1, -0.05) is 0 Å². The topological polar surface area (TPSA) is 35.5 Å². The summed E-state index contributed by atoms with van der Waals surface area (Å²) in [7, 11) is 0. The van der Waals surface area contributed by atoms with Gasteiger partial charge in [0, 0.05) is 24.0 Å². The maximum Gasteiger partial charge on any atom is 0.167 e. The van der Waals surface area contributed by atoms with Crippen LogP contribution in [0.1, 0.15) is 41.8 Å². The Morgan fingerprint density at radius 1 is 1.47 bits per heavy atom. The number of carbonyl (C=O) groups is 1. The lowest BCUT2D eigenvalue weighted by molar-refractivity contribution is 0.0990. The summed E-state index contributed by atoms with van der Waals surface area (Å²) >= 11 is 0. The van der Waals surface area contributed by atoms with E-state index in [2.05, 4.69) is 6.07 Å². The van der Waals surface area contributed by atoms with Crippen LogP contribution in [0.15, 0.2) is 6.07 Å². The Morgan fingerprint density at radius 2 is 2.29 bits per heavy atom. The van der Waals surface area contributed by atoms with E-state index in [9.17, 15) is 4.79 Å². The number of hydrogen-bond donors (Lipinski definition) is 0. The molecule has 1 heterocycles. The summed E-state index contributed by atoms with van der Waals surface area (Å²) < 4.78 is 11.4. The molecule has 3 nitrogen and oxygen atoms in total. The first-order chi connectivity index (χ1) is 8.20. The summed E-state index contributed by atoms with van der Waals surface area (Å²) in [4.78, 5) is 12.0. The van der Waals surface area contributed by atoms with E-state index in [1.54, 1.807) is 0 Å². The molecular weight excluding hydrogens is 216 g/mol. The molecule has 1 aromatic rings. The second-order valence-corrected chi connectivity index (χ2v) is 4.71. The molecule has 0 spiro atoms. The summed E-state index contributed by atoms with van der Waals surface area (Å²) in [5.74, 6) is 1.90. The molecule has 0 saturated heterocycles. The third-order valence-electron chi connectivity index (χ3n) is 3.43. The first kappa shape index (κ1) is 10.6. The Bertz CT molecular complexity index is 491. The van der Waals surface area contributed by atoms with Crippen molar-refractivity contribution in [3.63, 3.8) is 0 Å². The zero-order valence-corrected chi connectivity index (χ0v) is 10.2. The first-order valence-electron chi connectivity index (χ1n) is 6.22. The number of fused-ring (bicyclic) bond motifs is 3. The highest BCUT2D eigenvalue weighted by atomic mass is 16.5. The number of carbonyl (C=O) groups excluding carboxylic acids is 1. The highest BCUT2D eigenvalue weighted by Gasteiger charge is 2.33. The Morgan fingerprint density at radius 3 is 3.06 bits per heavy atom. The van der Waals surface area contributed by atoms with Crippen molar-refractivity contribution >= 4 is 5.78 Å². The predicted molar refractivity (Wildman–Crippen MR) is 64.1 cm³/mol. The van der Waals surface area contributed by atoms with Gasteiger partial charge in [-0.2, -0.15) is 0 Å². The number of Topliss-reactive ketones (excluding diaryl/α,β-unsaturated/α-hetero) is 1. The molecule has 0 amide bonds. The maximum absolute atomic E-state index is 12.0. The Balaban J connectivity index is 2.18. The quantitative estimate of drug-likeness (QED) is 0.786. The van der Waals surface area contributed by atoms with Crippen molar-refractivity contribution in [1.29, 1.82) is 0 Å². The fourth-order valence-corrected chi connectivity index (χ4v) is 2.76. The molecule has 90 valence electrons. The van der Waals surface area contributed by atoms with Crippen LogP contribution < -0.4 is 9.47 Å². The summed E-state index contributed by atoms with van der Waals surface area (Å²) in [5, 5.41) is 0. The molecule has 0 bridgehead atoms. The van der Waals surface area contributed by atoms with E-state index in [4.69, 9.17) is 9.47 Å². The van der Waals surface area contributed by atoms with Crippen LogP contribution >= 0.6 is 0 Å². The highest BCUT2D eigenvalue weighted by Crippen LogP contribution is 2.43. The van der Waals surface area contributed by atoms with E-state index in [1.807, 2.05) is 13.8 Å². The van der Waals surface area contributed by atoms with E-state index in [0.717, 1.165) is 41.0 Å². The Labute approximate surface area is 101 Å². The number of benzene rings is 1. The molecule has 3 heteroatoms. The van der Waals surface area contributed by atoms with Gasteiger partial charge >= 0.3 is 0 Å². The van der Waals surface area contributed by atoms with E-state index in [1.165, 1.54) is 0 Å². The molecule has 0 aromatic heterocycles. The van der Waals surface area contributed by atoms with E-state index in [0.29, 0.717) is 13.0 Å². The monoisotopic (exact) mass is 232 g/mol. The second-order valence-electron chi connectivity index (χ2n) is 4.71. The summed E-state index contributed by atoms with van der Waals surface area (Å²) in [5.41, 5.74) is 2.95. The maximum atomic E-state index is 12.0. The van der Waals surface area contributed by atoms with E-state index >= 15 is 0 Å². The molecule has 1 aliphatic heterocycles. The van der Waals surface area contributed by atoms with E-state index < -0.39 is 0 Å². The molecule has 0 saturated carbocycles. The van der Waals surface area contributed by atoms with Crippen LogP contribution in [0.3, 0.4) is 0 Å². The zero-order chi connectivity index (χ0) is 12.0. The molecule has 1 aliphatic carbocycles. The first-order valence-corrected chi connectivity index (χ1v) is 6.22. The largest absolute Gasteiger partial charge is 0.494 e. The van der Waals surface area contributed by atoms with Crippen molar-refractivity contribution in [2.75, 3.05) is 6.61 Å². The molecule has 2 aliphatic rings.